The van der Waals surface area contributed by atoms with Gasteiger partial charge in [-0.15, -0.1) is 23.2 Å². The highest BCUT2D eigenvalue weighted by atomic mass is 35.5. The third-order valence-electron chi connectivity index (χ3n) is 2.21. The molecule has 0 amide bonds. The molecule has 0 spiro atoms. The summed E-state index contributed by atoms with van der Waals surface area (Å²) in [6.07, 6.45) is 4.24. The van der Waals surface area contributed by atoms with E-state index in [1.807, 2.05) is 31.2 Å². The summed E-state index contributed by atoms with van der Waals surface area (Å²) in [5.74, 6) is 0.318. The van der Waals surface area contributed by atoms with Gasteiger partial charge in [0.2, 0.25) is 0 Å². The van der Waals surface area contributed by atoms with Gasteiger partial charge in [0.25, 0.3) is 0 Å². The van der Waals surface area contributed by atoms with Crippen LogP contribution in [0.2, 0.25) is 5.02 Å². The van der Waals surface area contributed by atoms with Crippen molar-refractivity contribution >= 4 is 40.6 Å². The first-order chi connectivity index (χ1) is 9.31. The summed E-state index contributed by atoms with van der Waals surface area (Å²) in [6.45, 7) is 7.47. The molecule has 0 heterocycles. The van der Waals surface area contributed by atoms with E-state index in [9.17, 15) is 4.79 Å². The maximum Gasteiger partial charge on any atom is 0.129 e. The standard InChI is InChI=1S/C7H7Cl.C7H14O.C2H4Cl2/c1-6-4-2-3-5-7(6)8;1-3-4-5-6-7(2)8;1-2(3)4/h2-5H,1H3;3-6H2,1-2H3;2H,1H3. The van der Waals surface area contributed by atoms with E-state index in [-0.39, 0.29) is 4.84 Å². The van der Waals surface area contributed by atoms with Gasteiger partial charge in [-0.05, 0) is 38.8 Å². The van der Waals surface area contributed by atoms with Crippen LogP contribution in [0.15, 0.2) is 24.3 Å². The van der Waals surface area contributed by atoms with Crippen molar-refractivity contribution in [3.63, 3.8) is 0 Å². The van der Waals surface area contributed by atoms with Crippen LogP contribution in [0.1, 0.15) is 52.0 Å². The molecule has 0 aliphatic heterocycles. The van der Waals surface area contributed by atoms with Gasteiger partial charge in [-0.2, -0.15) is 0 Å². The van der Waals surface area contributed by atoms with E-state index in [0.29, 0.717) is 5.78 Å². The minimum Gasteiger partial charge on any atom is -0.300 e. The lowest BCUT2D eigenvalue weighted by Crippen LogP contribution is -1.87. The number of halogens is 3. The lowest BCUT2D eigenvalue weighted by atomic mass is 10.2. The van der Waals surface area contributed by atoms with Crippen LogP contribution in [-0.4, -0.2) is 10.6 Å². The van der Waals surface area contributed by atoms with Gasteiger partial charge in [-0.3, -0.25) is 0 Å². The van der Waals surface area contributed by atoms with E-state index < -0.39 is 0 Å². The van der Waals surface area contributed by atoms with Gasteiger partial charge in [0, 0.05) is 11.4 Å². The Morgan fingerprint density at radius 3 is 2.00 bits per heavy atom. The molecule has 1 aromatic carbocycles. The first-order valence-corrected chi connectivity index (χ1v) is 8.05. The second-order valence-corrected chi connectivity index (χ2v) is 6.37. The van der Waals surface area contributed by atoms with Crippen molar-refractivity contribution < 1.29 is 4.79 Å². The van der Waals surface area contributed by atoms with Gasteiger partial charge < -0.3 is 4.79 Å². The molecule has 0 N–H and O–H groups in total. The van der Waals surface area contributed by atoms with Crippen molar-refractivity contribution in [2.45, 2.75) is 58.2 Å². The van der Waals surface area contributed by atoms with Crippen LogP contribution in [-0.2, 0) is 4.79 Å². The first kappa shape index (κ1) is 22.0. The number of aryl methyl sites for hydroxylation is 1. The van der Waals surface area contributed by atoms with E-state index in [1.165, 1.54) is 12.8 Å². The Labute approximate surface area is 138 Å². The Morgan fingerprint density at radius 1 is 1.20 bits per heavy atom. The van der Waals surface area contributed by atoms with Crippen molar-refractivity contribution in [3.05, 3.63) is 34.9 Å². The molecule has 1 rings (SSSR count). The molecule has 4 heteroatoms. The third kappa shape index (κ3) is 20.1. The summed E-state index contributed by atoms with van der Waals surface area (Å²) >= 11 is 15.8. The highest BCUT2D eigenvalue weighted by Gasteiger charge is 1.89. The second-order valence-electron chi connectivity index (χ2n) is 4.43. The lowest BCUT2D eigenvalue weighted by Gasteiger charge is -1.90. The van der Waals surface area contributed by atoms with Crippen LogP contribution in [0.25, 0.3) is 0 Å². The Kier molecular flexibility index (Phi) is 16.7. The first-order valence-electron chi connectivity index (χ1n) is 6.79. The van der Waals surface area contributed by atoms with Crippen molar-refractivity contribution in [3.8, 4) is 0 Å². The number of rotatable bonds is 4. The van der Waals surface area contributed by atoms with Crippen LogP contribution in [0.4, 0.5) is 0 Å². The molecule has 0 saturated heterocycles. The minimum absolute atomic E-state index is 0.222. The number of carbonyl (C=O) groups is 1. The maximum atomic E-state index is 10.3. The zero-order chi connectivity index (χ0) is 16.0. The normalized spacial score (nSPS) is 9.20. The zero-order valence-electron chi connectivity index (χ0n) is 12.8. The Hall–Kier alpha value is -0.240. The molecule has 0 atom stereocenters. The molecule has 0 bridgehead atoms. The topological polar surface area (TPSA) is 17.1 Å². The molecule has 116 valence electrons. The highest BCUT2D eigenvalue weighted by molar-refractivity contribution is 6.43. The molecule has 0 unspecified atom stereocenters. The molecule has 20 heavy (non-hydrogen) atoms. The van der Waals surface area contributed by atoms with Gasteiger partial charge in [-0.25, -0.2) is 0 Å². The number of Topliss-reactive ketones (excluding diaryl/α,β-unsaturated/α-hetero) is 1. The molecule has 0 aromatic heterocycles. The Bertz CT molecular complexity index is 328. The highest BCUT2D eigenvalue weighted by Crippen LogP contribution is 2.11. The number of benzene rings is 1. The van der Waals surface area contributed by atoms with Crippen LogP contribution >= 0.6 is 34.8 Å². The monoisotopic (exact) mass is 338 g/mol. The number of ketones is 1. The van der Waals surface area contributed by atoms with E-state index in [4.69, 9.17) is 34.8 Å². The van der Waals surface area contributed by atoms with Gasteiger partial charge in [0.05, 0.1) is 0 Å². The third-order valence-corrected chi connectivity index (χ3v) is 2.63. The number of hydrogen-bond donors (Lipinski definition) is 0. The van der Waals surface area contributed by atoms with Gasteiger partial charge in [0.15, 0.2) is 0 Å². The molecule has 0 fully saturated rings. The van der Waals surface area contributed by atoms with Crippen LogP contribution in [0, 0.1) is 6.92 Å². The fourth-order valence-corrected chi connectivity index (χ4v) is 1.31. The Morgan fingerprint density at radius 2 is 1.70 bits per heavy atom. The fraction of sp³-hybridized carbons (Fsp3) is 0.562. The van der Waals surface area contributed by atoms with E-state index in [2.05, 4.69) is 6.92 Å². The fourth-order valence-electron chi connectivity index (χ4n) is 1.17. The Balaban J connectivity index is 0. The summed E-state index contributed by atoms with van der Waals surface area (Å²) in [5, 5.41) is 0.840. The average Bonchev–Trinajstić information content (AvgIpc) is 2.33. The predicted octanol–water partition coefficient (Wildman–Crippen LogP) is 6.61. The average molecular weight is 340 g/mol. The van der Waals surface area contributed by atoms with Crippen molar-refractivity contribution in [2.75, 3.05) is 0 Å². The molecule has 0 saturated carbocycles. The quantitative estimate of drug-likeness (QED) is 0.445. The summed E-state index contributed by atoms with van der Waals surface area (Å²) in [7, 11) is 0. The number of unbranched alkanes of at least 4 members (excludes halogenated alkanes) is 2. The smallest absolute Gasteiger partial charge is 0.129 e. The molecule has 0 radical (unpaired) electrons. The molecule has 1 nitrogen and oxygen atoms in total. The largest absolute Gasteiger partial charge is 0.300 e. The number of alkyl halides is 2. The predicted molar refractivity (Wildman–Crippen MR) is 92.2 cm³/mol. The lowest BCUT2D eigenvalue weighted by molar-refractivity contribution is -0.117. The van der Waals surface area contributed by atoms with Crippen LogP contribution < -0.4 is 0 Å². The zero-order valence-corrected chi connectivity index (χ0v) is 15.0. The molecule has 1 aromatic rings. The van der Waals surface area contributed by atoms with E-state index >= 15 is 0 Å². The molecular weight excluding hydrogens is 315 g/mol. The van der Waals surface area contributed by atoms with Crippen molar-refractivity contribution in [1.82, 2.24) is 0 Å². The summed E-state index contributed by atoms with van der Waals surface area (Å²) < 4.78 is 0. The molecule has 0 aliphatic rings. The maximum absolute atomic E-state index is 10.3. The van der Waals surface area contributed by atoms with Crippen LogP contribution in [0.3, 0.4) is 0 Å². The van der Waals surface area contributed by atoms with Gasteiger partial charge in [-0.1, -0.05) is 49.6 Å². The van der Waals surface area contributed by atoms with Gasteiger partial charge in [0.1, 0.15) is 10.6 Å². The van der Waals surface area contributed by atoms with E-state index in [0.717, 1.165) is 23.4 Å². The SMILES string of the molecule is CC(Cl)Cl.CCCCCC(C)=O.Cc1ccccc1Cl. The van der Waals surface area contributed by atoms with E-state index in [1.54, 1.807) is 13.8 Å². The van der Waals surface area contributed by atoms with Crippen molar-refractivity contribution in [2.24, 2.45) is 0 Å². The second kappa shape index (κ2) is 15.2. The van der Waals surface area contributed by atoms with Crippen molar-refractivity contribution in [1.29, 1.82) is 0 Å². The molecule has 0 aliphatic carbocycles. The number of hydrogen-bond acceptors (Lipinski definition) is 1. The van der Waals surface area contributed by atoms with Gasteiger partial charge >= 0.3 is 0 Å². The number of carbonyl (C=O) groups excluding carboxylic acids is 1. The van der Waals surface area contributed by atoms with Crippen LogP contribution in [0.5, 0.6) is 0 Å². The summed E-state index contributed by atoms with van der Waals surface area (Å²) in [4.78, 5) is 10.1. The summed E-state index contributed by atoms with van der Waals surface area (Å²) in [5.41, 5.74) is 1.13. The summed E-state index contributed by atoms with van der Waals surface area (Å²) in [6, 6.07) is 7.77. The molecular formula is C16H25Cl3O. The minimum atomic E-state index is -0.222.